The Labute approximate surface area is 178 Å². The zero-order valence-corrected chi connectivity index (χ0v) is 18.4. The Morgan fingerprint density at radius 3 is 2.70 bits per heavy atom. The number of anilines is 1. The minimum Gasteiger partial charge on any atom is -0.444 e. The first-order valence-corrected chi connectivity index (χ1v) is 10.5. The summed E-state index contributed by atoms with van der Waals surface area (Å²) in [6.07, 6.45) is 3.46. The number of hydrogen-bond donors (Lipinski definition) is 2. The first kappa shape index (κ1) is 21.8. The highest BCUT2D eigenvalue weighted by Crippen LogP contribution is 2.32. The van der Waals surface area contributed by atoms with Gasteiger partial charge >= 0.3 is 6.09 Å². The van der Waals surface area contributed by atoms with Crippen LogP contribution in [0.25, 0.3) is 11.1 Å². The van der Waals surface area contributed by atoms with Crippen molar-refractivity contribution < 1.29 is 14.3 Å². The van der Waals surface area contributed by atoms with Crippen LogP contribution in [0.1, 0.15) is 64.3 Å². The molecular formula is C24H31N3O3. The van der Waals surface area contributed by atoms with Gasteiger partial charge in [-0.15, -0.1) is 0 Å². The maximum absolute atomic E-state index is 12.7. The number of carbonyl (C=O) groups excluding carboxylic acids is 2. The second-order valence-corrected chi connectivity index (χ2v) is 9.04. The second kappa shape index (κ2) is 8.86. The molecule has 1 aromatic carbocycles. The van der Waals surface area contributed by atoms with E-state index in [1.807, 2.05) is 65.0 Å². The smallest absolute Gasteiger partial charge is 0.408 e. The molecule has 1 aliphatic rings. The van der Waals surface area contributed by atoms with Gasteiger partial charge in [0.05, 0.1) is 11.7 Å². The number of rotatable bonds is 1. The van der Waals surface area contributed by atoms with E-state index in [2.05, 4.69) is 15.6 Å². The lowest BCUT2D eigenvalue weighted by Crippen LogP contribution is -2.35. The summed E-state index contributed by atoms with van der Waals surface area (Å²) in [4.78, 5) is 29.7. The second-order valence-electron chi connectivity index (χ2n) is 9.04. The van der Waals surface area contributed by atoms with Gasteiger partial charge in [0.25, 0.3) is 0 Å². The molecule has 2 N–H and O–H groups in total. The van der Waals surface area contributed by atoms with E-state index in [0.29, 0.717) is 6.42 Å². The number of hydrogen-bond acceptors (Lipinski definition) is 4. The molecule has 0 radical (unpaired) electrons. The Balaban J connectivity index is 2.00. The van der Waals surface area contributed by atoms with Crippen LogP contribution in [-0.2, 0) is 9.53 Å². The Bertz CT molecular complexity index is 934. The van der Waals surface area contributed by atoms with Crippen LogP contribution in [0.15, 0.2) is 36.5 Å². The molecule has 0 saturated heterocycles. The van der Waals surface area contributed by atoms with Crippen molar-refractivity contribution in [1.29, 1.82) is 0 Å². The number of nitrogens with one attached hydrogen (secondary N) is 2. The number of ether oxygens (including phenoxy) is 1. The molecule has 2 aromatic rings. The van der Waals surface area contributed by atoms with Gasteiger partial charge in [0.15, 0.2) is 0 Å². The van der Waals surface area contributed by atoms with Gasteiger partial charge in [0, 0.05) is 23.4 Å². The molecule has 3 rings (SSSR count). The molecule has 0 unspecified atom stereocenters. The van der Waals surface area contributed by atoms with Crippen molar-refractivity contribution in [2.24, 2.45) is 5.92 Å². The molecule has 0 saturated carbocycles. The van der Waals surface area contributed by atoms with Crippen molar-refractivity contribution >= 4 is 17.7 Å². The SMILES string of the molecule is Cc1ccc2c(c1)NC(=O)[C@H](C)CCC[C@H](NC(=O)OC(C)(C)C)c1cc-2ccn1. The van der Waals surface area contributed by atoms with E-state index >= 15 is 0 Å². The van der Waals surface area contributed by atoms with Crippen molar-refractivity contribution in [3.63, 3.8) is 0 Å². The largest absolute Gasteiger partial charge is 0.444 e. The fourth-order valence-electron chi connectivity index (χ4n) is 3.58. The van der Waals surface area contributed by atoms with Crippen LogP contribution in [0.2, 0.25) is 0 Å². The van der Waals surface area contributed by atoms with Gasteiger partial charge in [0.2, 0.25) is 5.91 Å². The quantitative estimate of drug-likeness (QED) is 0.662. The average Bonchev–Trinajstić information content (AvgIpc) is 2.65. The zero-order chi connectivity index (χ0) is 21.9. The van der Waals surface area contributed by atoms with Crippen LogP contribution in [0, 0.1) is 12.8 Å². The molecule has 2 heterocycles. The van der Waals surface area contributed by atoms with Crippen LogP contribution in [0.4, 0.5) is 10.5 Å². The monoisotopic (exact) mass is 409 g/mol. The van der Waals surface area contributed by atoms with E-state index in [9.17, 15) is 9.59 Å². The van der Waals surface area contributed by atoms with Gasteiger partial charge in [-0.1, -0.05) is 25.5 Å². The Morgan fingerprint density at radius 1 is 1.20 bits per heavy atom. The summed E-state index contributed by atoms with van der Waals surface area (Å²) >= 11 is 0. The number of fused-ring (bicyclic) bond motifs is 4. The van der Waals surface area contributed by atoms with Crippen molar-refractivity contribution in [3.8, 4) is 11.1 Å². The fourth-order valence-corrected chi connectivity index (χ4v) is 3.58. The highest BCUT2D eigenvalue weighted by Gasteiger charge is 2.24. The molecule has 2 bridgehead atoms. The molecule has 2 atom stereocenters. The average molecular weight is 410 g/mol. The van der Waals surface area contributed by atoms with Crippen molar-refractivity contribution in [3.05, 3.63) is 47.8 Å². The van der Waals surface area contributed by atoms with Crippen molar-refractivity contribution in [1.82, 2.24) is 10.3 Å². The summed E-state index contributed by atoms with van der Waals surface area (Å²) in [6, 6.07) is 9.63. The first-order chi connectivity index (χ1) is 14.1. The highest BCUT2D eigenvalue weighted by molar-refractivity contribution is 5.96. The lowest BCUT2D eigenvalue weighted by molar-refractivity contribution is -0.119. The molecule has 6 heteroatoms. The standard InChI is InChI=1S/C24H31N3O3/c1-15-9-10-18-17-11-12-25-21(14-17)19(27-23(29)30-24(3,4)5)8-6-7-16(2)22(28)26-20(18)13-15/h9-14,16,19H,6-8H2,1-5H3,(H,26,28)(H,27,29)/t16-,19+/m1/s1. The summed E-state index contributed by atoms with van der Waals surface area (Å²) in [5, 5.41) is 6.07. The highest BCUT2D eigenvalue weighted by atomic mass is 16.6. The van der Waals surface area contributed by atoms with E-state index in [-0.39, 0.29) is 17.9 Å². The Kier molecular flexibility index (Phi) is 6.44. The molecule has 0 aliphatic carbocycles. The van der Waals surface area contributed by atoms with Gasteiger partial charge in [-0.25, -0.2) is 4.79 Å². The molecule has 1 aliphatic heterocycles. The van der Waals surface area contributed by atoms with Crippen LogP contribution in [-0.4, -0.2) is 22.6 Å². The molecule has 160 valence electrons. The molecule has 6 nitrogen and oxygen atoms in total. The first-order valence-electron chi connectivity index (χ1n) is 10.5. The molecule has 0 spiro atoms. The summed E-state index contributed by atoms with van der Waals surface area (Å²) in [5.41, 5.74) is 3.95. The van der Waals surface area contributed by atoms with Crippen molar-refractivity contribution in [2.75, 3.05) is 5.32 Å². The van der Waals surface area contributed by atoms with Crippen LogP contribution < -0.4 is 10.6 Å². The van der Waals surface area contributed by atoms with Crippen LogP contribution >= 0.6 is 0 Å². The lowest BCUT2D eigenvalue weighted by atomic mass is 9.95. The molecule has 30 heavy (non-hydrogen) atoms. The van der Waals surface area contributed by atoms with E-state index in [1.165, 1.54) is 0 Å². The van der Waals surface area contributed by atoms with E-state index in [0.717, 1.165) is 40.9 Å². The summed E-state index contributed by atoms with van der Waals surface area (Å²) in [5.74, 6) is -0.125. The molecule has 1 aromatic heterocycles. The number of aryl methyl sites for hydroxylation is 1. The fraction of sp³-hybridized carbons (Fsp3) is 0.458. The third kappa shape index (κ3) is 5.59. The van der Waals surface area contributed by atoms with E-state index in [4.69, 9.17) is 4.74 Å². The third-order valence-corrected chi connectivity index (χ3v) is 5.15. The summed E-state index contributed by atoms with van der Waals surface area (Å²) in [7, 11) is 0. The van der Waals surface area contributed by atoms with Crippen molar-refractivity contribution in [2.45, 2.75) is 65.5 Å². The number of aromatic nitrogens is 1. The predicted octanol–water partition coefficient (Wildman–Crippen LogP) is 5.38. The van der Waals surface area contributed by atoms with Gasteiger partial charge < -0.3 is 15.4 Å². The minimum absolute atomic E-state index is 0.00774. The van der Waals surface area contributed by atoms with Crippen LogP contribution in [0.3, 0.4) is 0 Å². The number of amides is 2. The van der Waals surface area contributed by atoms with Gasteiger partial charge in [-0.2, -0.15) is 0 Å². The van der Waals surface area contributed by atoms with E-state index in [1.54, 1.807) is 6.20 Å². The number of carbonyl (C=O) groups is 2. The summed E-state index contributed by atoms with van der Waals surface area (Å²) in [6.45, 7) is 9.46. The number of pyridine rings is 1. The normalized spacial score (nSPS) is 19.6. The molecule has 2 amide bonds. The topological polar surface area (TPSA) is 80.3 Å². The molecule has 0 fully saturated rings. The maximum atomic E-state index is 12.7. The minimum atomic E-state index is -0.575. The summed E-state index contributed by atoms with van der Waals surface area (Å²) < 4.78 is 5.45. The van der Waals surface area contributed by atoms with Gasteiger partial charge in [0.1, 0.15) is 5.60 Å². The van der Waals surface area contributed by atoms with E-state index < -0.39 is 11.7 Å². The number of benzene rings is 1. The number of nitrogens with zero attached hydrogens (tertiary/aromatic N) is 1. The van der Waals surface area contributed by atoms with Gasteiger partial charge in [-0.05, 0) is 69.9 Å². The number of alkyl carbamates (subject to hydrolysis) is 1. The third-order valence-electron chi connectivity index (χ3n) is 5.15. The van der Waals surface area contributed by atoms with Crippen LogP contribution in [0.5, 0.6) is 0 Å². The molecular weight excluding hydrogens is 378 g/mol. The Morgan fingerprint density at radius 2 is 1.97 bits per heavy atom. The maximum Gasteiger partial charge on any atom is 0.408 e. The zero-order valence-electron chi connectivity index (χ0n) is 18.4. The van der Waals surface area contributed by atoms with Gasteiger partial charge in [-0.3, -0.25) is 9.78 Å². The predicted molar refractivity (Wildman–Crippen MR) is 118 cm³/mol. The Hall–Kier alpha value is -2.89. The lowest BCUT2D eigenvalue weighted by Gasteiger charge is -2.25.